The molecule has 0 radical (unpaired) electrons. The number of hydrogen-bond acceptors (Lipinski definition) is 2. The van der Waals surface area contributed by atoms with Gasteiger partial charge in [0.25, 0.3) is 0 Å². The molecule has 0 bridgehead atoms. The standard InChI is InChI=1S/C15H22BrNO/c1-10-5-4-8-17(11(10)2)13-6-7-14(12(3)18)15(16)9-13/h6-7,9-12,18H,4-5,8H2,1-3H3/t10?,11?,12-/m1/s1. The first kappa shape index (κ1) is 13.9. The molecule has 2 nitrogen and oxygen atoms in total. The van der Waals surface area contributed by atoms with E-state index in [1.165, 1.54) is 18.5 Å². The summed E-state index contributed by atoms with van der Waals surface area (Å²) in [5.74, 6) is 0.744. The van der Waals surface area contributed by atoms with Gasteiger partial charge in [-0.05, 0) is 50.3 Å². The summed E-state index contributed by atoms with van der Waals surface area (Å²) in [6.45, 7) is 7.56. The third-order valence-electron chi connectivity index (χ3n) is 4.14. The van der Waals surface area contributed by atoms with E-state index in [4.69, 9.17) is 0 Å². The van der Waals surface area contributed by atoms with Gasteiger partial charge in [0, 0.05) is 22.7 Å². The molecule has 0 aromatic heterocycles. The smallest absolute Gasteiger partial charge is 0.0772 e. The molecule has 3 atom stereocenters. The molecule has 0 amide bonds. The average molecular weight is 312 g/mol. The van der Waals surface area contributed by atoms with Crippen LogP contribution in [-0.4, -0.2) is 17.7 Å². The van der Waals surface area contributed by atoms with Crippen LogP contribution in [0.1, 0.15) is 45.3 Å². The monoisotopic (exact) mass is 311 g/mol. The lowest BCUT2D eigenvalue weighted by atomic mass is 9.91. The summed E-state index contributed by atoms with van der Waals surface area (Å²) in [5, 5.41) is 9.66. The van der Waals surface area contributed by atoms with Gasteiger partial charge < -0.3 is 10.0 Å². The summed E-state index contributed by atoms with van der Waals surface area (Å²) in [5.41, 5.74) is 2.21. The SMILES string of the molecule is CC1CCCN(c2ccc([C@@H](C)O)c(Br)c2)C1C. The van der Waals surface area contributed by atoms with E-state index in [-0.39, 0.29) is 0 Å². The Kier molecular flexibility index (Phi) is 4.33. The van der Waals surface area contributed by atoms with E-state index in [1.807, 2.05) is 6.07 Å². The van der Waals surface area contributed by atoms with E-state index in [0.717, 1.165) is 22.5 Å². The number of hydrogen-bond donors (Lipinski definition) is 1. The van der Waals surface area contributed by atoms with Gasteiger partial charge in [0.2, 0.25) is 0 Å². The molecule has 0 spiro atoms. The Bertz CT molecular complexity index is 419. The number of halogens is 1. The maximum absolute atomic E-state index is 9.66. The van der Waals surface area contributed by atoms with Crippen LogP contribution in [0.4, 0.5) is 5.69 Å². The number of anilines is 1. The minimum absolute atomic E-state index is 0.425. The minimum atomic E-state index is -0.425. The number of rotatable bonds is 2. The molecule has 1 N–H and O–H groups in total. The Morgan fingerprint density at radius 3 is 2.72 bits per heavy atom. The molecule has 3 heteroatoms. The Balaban J connectivity index is 2.26. The van der Waals surface area contributed by atoms with Crippen LogP contribution >= 0.6 is 15.9 Å². The van der Waals surface area contributed by atoms with Gasteiger partial charge >= 0.3 is 0 Å². The van der Waals surface area contributed by atoms with Crippen LogP contribution in [0.15, 0.2) is 22.7 Å². The van der Waals surface area contributed by atoms with Crippen LogP contribution in [0.5, 0.6) is 0 Å². The van der Waals surface area contributed by atoms with Crippen molar-refractivity contribution in [3.05, 3.63) is 28.2 Å². The van der Waals surface area contributed by atoms with Crippen molar-refractivity contribution < 1.29 is 5.11 Å². The quantitative estimate of drug-likeness (QED) is 0.887. The lowest BCUT2D eigenvalue weighted by Gasteiger charge is -2.39. The molecule has 1 saturated heterocycles. The fourth-order valence-corrected chi connectivity index (χ4v) is 3.43. The molecule has 1 aromatic carbocycles. The van der Waals surface area contributed by atoms with Crippen molar-refractivity contribution in [1.82, 2.24) is 0 Å². The van der Waals surface area contributed by atoms with Crippen LogP contribution in [0, 0.1) is 5.92 Å². The van der Waals surface area contributed by atoms with E-state index >= 15 is 0 Å². The highest BCUT2D eigenvalue weighted by atomic mass is 79.9. The van der Waals surface area contributed by atoms with E-state index < -0.39 is 6.10 Å². The van der Waals surface area contributed by atoms with Gasteiger partial charge in [-0.2, -0.15) is 0 Å². The maximum atomic E-state index is 9.66. The van der Waals surface area contributed by atoms with Crippen molar-refractivity contribution in [3.8, 4) is 0 Å². The van der Waals surface area contributed by atoms with E-state index in [9.17, 15) is 5.11 Å². The highest BCUT2D eigenvalue weighted by Crippen LogP contribution is 2.32. The Morgan fingerprint density at radius 2 is 2.11 bits per heavy atom. The normalized spacial score (nSPS) is 26.2. The number of piperidine rings is 1. The third-order valence-corrected chi connectivity index (χ3v) is 4.83. The van der Waals surface area contributed by atoms with E-state index in [2.05, 4.69) is 46.8 Å². The van der Waals surface area contributed by atoms with Crippen LogP contribution < -0.4 is 4.90 Å². The molecule has 1 aliphatic heterocycles. The van der Waals surface area contributed by atoms with Crippen molar-refractivity contribution in [3.63, 3.8) is 0 Å². The van der Waals surface area contributed by atoms with Crippen molar-refractivity contribution in [2.45, 2.75) is 45.8 Å². The van der Waals surface area contributed by atoms with Crippen molar-refractivity contribution >= 4 is 21.6 Å². The Labute approximate surface area is 118 Å². The number of aliphatic hydroxyl groups excluding tert-OH is 1. The number of benzene rings is 1. The van der Waals surface area contributed by atoms with Crippen LogP contribution in [0.25, 0.3) is 0 Å². The predicted octanol–water partition coefficient (Wildman–Crippen LogP) is 4.13. The van der Waals surface area contributed by atoms with Gasteiger partial charge in [-0.3, -0.25) is 0 Å². The van der Waals surface area contributed by atoms with Crippen molar-refractivity contribution in [1.29, 1.82) is 0 Å². The zero-order valence-electron chi connectivity index (χ0n) is 11.4. The van der Waals surface area contributed by atoms with Crippen LogP contribution in [0.3, 0.4) is 0 Å². The highest BCUT2D eigenvalue weighted by Gasteiger charge is 2.25. The van der Waals surface area contributed by atoms with Crippen molar-refractivity contribution in [2.75, 3.05) is 11.4 Å². The third kappa shape index (κ3) is 2.72. The summed E-state index contributed by atoms with van der Waals surface area (Å²) in [4.78, 5) is 2.48. The Morgan fingerprint density at radius 1 is 1.39 bits per heavy atom. The van der Waals surface area contributed by atoms with E-state index in [0.29, 0.717) is 6.04 Å². The minimum Gasteiger partial charge on any atom is -0.389 e. The molecule has 0 saturated carbocycles. The molecule has 100 valence electrons. The Hall–Kier alpha value is -0.540. The first-order chi connectivity index (χ1) is 8.50. The van der Waals surface area contributed by atoms with Gasteiger partial charge in [0.15, 0.2) is 0 Å². The summed E-state index contributed by atoms with van der Waals surface area (Å²) >= 11 is 3.56. The van der Waals surface area contributed by atoms with E-state index in [1.54, 1.807) is 6.92 Å². The zero-order chi connectivity index (χ0) is 13.3. The average Bonchev–Trinajstić information content (AvgIpc) is 2.32. The lowest BCUT2D eigenvalue weighted by Crippen LogP contribution is -2.42. The van der Waals surface area contributed by atoms with Gasteiger partial charge in [-0.1, -0.05) is 28.9 Å². The van der Waals surface area contributed by atoms with Gasteiger partial charge in [0.05, 0.1) is 6.10 Å². The molecule has 18 heavy (non-hydrogen) atoms. The zero-order valence-corrected chi connectivity index (χ0v) is 12.9. The van der Waals surface area contributed by atoms with Gasteiger partial charge in [-0.25, -0.2) is 0 Å². The molecular formula is C15H22BrNO. The fourth-order valence-electron chi connectivity index (χ4n) is 2.73. The molecule has 1 aromatic rings. The van der Waals surface area contributed by atoms with Gasteiger partial charge in [0.1, 0.15) is 0 Å². The summed E-state index contributed by atoms with van der Waals surface area (Å²) < 4.78 is 1.00. The number of nitrogens with zero attached hydrogens (tertiary/aromatic N) is 1. The fraction of sp³-hybridized carbons (Fsp3) is 0.600. The largest absolute Gasteiger partial charge is 0.389 e. The van der Waals surface area contributed by atoms with Crippen LogP contribution in [0.2, 0.25) is 0 Å². The predicted molar refractivity (Wildman–Crippen MR) is 80.0 cm³/mol. The summed E-state index contributed by atoms with van der Waals surface area (Å²) in [6, 6.07) is 6.87. The maximum Gasteiger partial charge on any atom is 0.0772 e. The van der Waals surface area contributed by atoms with Crippen molar-refractivity contribution in [2.24, 2.45) is 5.92 Å². The second-order valence-electron chi connectivity index (χ2n) is 5.44. The topological polar surface area (TPSA) is 23.5 Å². The lowest BCUT2D eigenvalue weighted by molar-refractivity contribution is 0.198. The molecule has 1 fully saturated rings. The molecule has 1 aliphatic rings. The molecular weight excluding hydrogens is 290 g/mol. The first-order valence-corrected chi connectivity index (χ1v) is 7.54. The second kappa shape index (κ2) is 5.62. The molecule has 0 aliphatic carbocycles. The summed E-state index contributed by atoms with van der Waals surface area (Å²) in [6.07, 6.45) is 2.16. The second-order valence-corrected chi connectivity index (χ2v) is 6.29. The molecule has 2 unspecified atom stereocenters. The number of aliphatic hydroxyl groups is 1. The van der Waals surface area contributed by atoms with Crippen LogP contribution in [-0.2, 0) is 0 Å². The first-order valence-electron chi connectivity index (χ1n) is 6.75. The highest BCUT2D eigenvalue weighted by molar-refractivity contribution is 9.10. The summed E-state index contributed by atoms with van der Waals surface area (Å²) in [7, 11) is 0. The van der Waals surface area contributed by atoms with Gasteiger partial charge in [-0.15, -0.1) is 0 Å². The molecule has 2 rings (SSSR count). The molecule has 1 heterocycles.